The maximum Gasteiger partial charge on any atom is 0.331 e. The number of aromatic hydroxyl groups is 1. The third-order valence-corrected chi connectivity index (χ3v) is 4.91. The Morgan fingerprint density at radius 3 is 2.68 bits per heavy atom. The van der Waals surface area contributed by atoms with Crippen molar-refractivity contribution in [3.63, 3.8) is 0 Å². The first-order valence-electron chi connectivity index (χ1n) is 9.12. The van der Waals surface area contributed by atoms with Crippen molar-refractivity contribution in [1.29, 1.82) is 0 Å². The van der Waals surface area contributed by atoms with E-state index in [9.17, 15) is 24.6 Å². The zero-order chi connectivity index (χ0) is 20.3. The average molecular weight is 386 g/mol. The summed E-state index contributed by atoms with van der Waals surface area (Å²) >= 11 is 0. The summed E-state index contributed by atoms with van der Waals surface area (Å²) < 4.78 is 10.2. The molecule has 0 saturated heterocycles. The van der Waals surface area contributed by atoms with Crippen LogP contribution in [0.3, 0.4) is 0 Å². The molecule has 7 nitrogen and oxygen atoms in total. The van der Waals surface area contributed by atoms with E-state index in [0.717, 1.165) is 0 Å². The number of hydrogen-bond donors (Lipinski definition) is 2. The Morgan fingerprint density at radius 1 is 1.29 bits per heavy atom. The fourth-order valence-corrected chi connectivity index (χ4v) is 3.26. The highest BCUT2D eigenvalue weighted by molar-refractivity contribution is 5.93. The fourth-order valence-electron chi connectivity index (χ4n) is 3.26. The predicted molar refractivity (Wildman–Crippen MR) is 98.9 cm³/mol. The highest BCUT2D eigenvalue weighted by atomic mass is 16.6. The van der Waals surface area contributed by atoms with E-state index in [1.54, 1.807) is 18.2 Å². The van der Waals surface area contributed by atoms with Gasteiger partial charge in [0.15, 0.2) is 11.9 Å². The molecule has 0 aromatic heterocycles. The van der Waals surface area contributed by atoms with Crippen LogP contribution in [0.2, 0.25) is 0 Å². The minimum atomic E-state index is -0.937. The minimum absolute atomic E-state index is 0.124. The number of rotatable bonds is 7. The lowest BCUT2D eigenvalue weighted by molar-refractivity contribution is -0.152. The number of ketones is 1. The van der Waals surface area contributed by atoms with Crippen LogP contribution in [0, 0.1) is 11.8 Å². The van der Waals surface area contributed by atoms with Crippen LogP contribution in [0.15, 0.2) is 42.5 Å². The van der Waals surface area contributed by atoms with Gasteiger partial charge in [0, 0.05) is 24.5 Å². The van der Waals surface area contributed by atoms with Gasteiger partial charge in [0.1, 0.15) is 11.9 Å². The van der Waals surface area contributed by atoms with Crippen LogP contribution in [0.5, 0.6) is 5.75 Å². The van der Waals surface area contributed by atoms with Crippen LogP contribution in [-0.4, -0.2) is 46.2 Å². The molecule has 1 heterocycles. The van der Waals surface area contributed by atoms with E-state index in [1.165, 1.54) is 37.3 Å². The largest absolute Gasteiger partial charge is 0.508 e. The van der Waals surface area contributed by atoms with Gasteiger partial charge in [0.2, 0.25) is 0 Å². The van der Waals surface area contributed by atoms with Crippen molar-refractivity contribution in [2.24, 2.45) is 11.8 Å². The summed E-state index contributed by atoms with van der Waals surface area (Å²) in [6.45, 7) is 1.50. The molecule has 0 spiro atoms. The molecule has 2 N–H and O–H groups in total. The van der Waals surface area contributed by atoms with Crippen molar-refractivity contribution in [2.45, 2.75) is 38.1 Å². The standard InChI is InChI=1S/C21H22O7/c1-12(27-19(24)10-7-13-5-8-14(22)9-6-13)20(25)15-11-16(15)21(26)17-3-2-4-18(23)28-17/h2,4-10,12,15-17,21-22,26H,3,11H2,1H3/b10-7-. The van der Waals surface area contributed by atoms with E-state index in [2.05, 4.69) is 0 Å². The number of esters is 2. The Kier molecular flexibility index (Phi) is 5.94. The van der Waals surface area contributed by atoms with Crippen molar-refractivity contribution in [3.8, 4) is 5.75 Å². The summed E-state index contributed by atoms with van der Waals surface area (Å²) in [5.74, 6) is -2.00. The number of carbonyl (C=O) groups excluding carboxylic acids is 3. The molecule has 1 aromatic rings. The van der Waals surface area contributed by atoms with E-state index in [4.69, 9.17) is 9.47 Å². The van der Waals surface area contributed by atoms with Crippen LogP contribution in [0.1, 0.15) is 25.3 Å². The molecular formula is C21H22O7. The van der Waals surface area contributed by atoms with Gasteiger partial charge in [-0.3, -0.25) is 4.79 Å². The first kappa shape index (κ1) is 19.8. The van der Waals surface area contributed by atoms with Gasteiger partial charge in [-0.05, 0) is 43.0 Å². The maximum absolute atomic E-state index is 12.5. The summed E-state index contributed by atoms with van der Waals surface area (Å²) in [5.41, 5.74) is 0.704. The quantitative estimate of drug-likeness (QED) is 0.543. The number of ether oxygens (including phenoxy) is 2. The summed E-state index contributed by atoms with van der Waals surface area (Å²) in [5, 5.41) is 19.6. The second-order valence-electron chi connectivity index (χ2n) is 7.02. The van der Waals surface area contributed by atoms with E-state index >= 15 is 0 Å². The van der Waals surface area contributed by atoms with Crippen LogP contribution in [-0.2, 0) is 23.9 Å². The molecule has 7 heteroatoms. The Bertz CT molecular complexity index is 809. The van der Waals surface area contributed by atoms with Crippen LogP contribution >= 0.6 is 0 Å². The van der Waals surface area contributed by atoms with Crippen molar-refractivity contribution >= 4 is 23.8 Å². The Hall–Kier alpha value is -2.93. The topological polar surface area (TPSA) is 110 Å². The van der Waals surface area contributed by atoms with Gasteiger partial charge in [0.05, 0.1) is 6.10 Å². The second-order valence-corrected chi connectivity index (χ2v) is 7.02. The maximum atomic E-state index is 12.5. The average Bonchev–Trinajstić information content (AvgIpc) is 3.47. The van der Waals surface area contributed by atoms with Crippen molar-refractivity contribution in [1.82, 2.24) is 0 Å². The van der Waals surface area contributed by atoms with Gasteiger partial charge in [0.25, 0.3) is 0 Å². The molecule has 5 atom stereocenters. The summed E-state index contributed by atoms with van der Waals surface area (Å²) in [7, 11) is 0. The number of hydrogen-bond acceptors (Lipinski definition) is 7. The predicted octanol–water partition coefficient (Wildman–Crippen LogP) is 1.77. The molecule has 1 saturated carbocycles. The van der Waals surface area contributed by atoms with Gasteiger partial charge < -0.3 is 19.7 Å². The van der Waals surface area contributed by atoms with E-state index in [0.29, 0.717) is 18.4 Å². The Balaban J connectivity index is 1.48. The normalized spacial score (nSPS) is 25.8. The highest BCUT2D eigenvalue weighted by Crippen LogP contribution is 2.44. The summed E-state index contributed by atoms with van der Waals surface area (Å²) in [6, 6.07) is 6.26. The Morgan fingerprint density at radius 2 is 2.00 bits per heavy atom. The molecule has 1 fully saturated rings. The molecule has 3 rings (SSSR count). The number of carbonyl (C=O) groups is 3. The number of phenolic OH excluding ortho intramolecular Hbond substituents is 1. The molecule has 0 amide bonds. The van der Waals surface area contributed by atoms with Crippen LogP contribution in [0.4, 0.5) is 0 Å². The van der Waals surface area contributed by atoms with Gasteiger partial charge in [-0.25, -0.2) is 9.59 Å². The Labute approximate surface area is 162 Å². The molecule has 5 unspecified atom stereocenters. The van der Waals surface area contributed by atoms with Crippen molar-refractivity contribution < 1.29 is 34.1 Å². The first-order chi connectivity index (χ1) is 13.3. The zero-order valence-electron chi connectivity index (χ0n) is 15.4. The highest BCUT2D eigenvalue weighted by Gasteiger charge is 2.51. The van der Waals surface area contributed by atoms with Gasteiger partial charge >= 0.3 is 11.9 Å². The molecule has 148 valence electrons. The molecule has 1 aliphatic heterocycles. The van der Waals surface area contributed by atoms with Gasteiger partial charge in [-0.15, -0.1) is 0 Å². The SMILES string of the molecule is CC(OC(=O)/C=C\c1ccc(O)cc1)C(=O)C1CC1C(O)C1CC=CC(=O)O1. The smallest absolute Gasteiger partial charge is 0.331 e. The van der Waals surface area contributed by atoms with Crippen LogP contribution < -0.4 is 0 Å². The molecule has 2 aliphatic rings. The number of Topliss-reactive ketones (excluding diaryl/α,β-unsaturated/α-hetero) is 1. The van der Waals surface area contributed by atoms with Gasteiger partial charge in [-0.2, -0.15) is 0 Å². The minimum Gasteiger partial charge on any atom is -0.508 e. The lowest BCUT2D eigenvalue weighted by Crippen LogP contribution is -2.35. The number of cyclic esters (lactones) is 1. The van der Waals surface area contributed by atoms with Crippen molar-refractivity contribution in [3.05, 3.63) is 48.1 Å². The number of aliphatic hydroxyl groups excluding tert-OH is 1. The number of benzene rings is 1. The van der Waals surface area contributed by atoms with Crippen molar-refractivity contribution in [2.75, 3.05) is 0 Å². The second kappa shape index (κ2) is 8.39. The number of aliphatic hydroxyl groups is 1. The van der Waals surface area contributed by atoms with Gasteiger partial charge in [-0.1, -0.05) is 18.2 Å². The lowest BCUT2D eigenvalue weighted by atomic mass is 10.0. The monoisotopic (exact) mass is 386 g/mol. The molecule has 1 aromatic carbocycles. The third-order valence-electron chi connectivity index (χ3n) is 4.91. The summed E-state index contributed by atoms with van der Waals surface area (Å²) in [4.78, 5) is 35.7. The first-order valence-corrected chi connectivity index (χ1v) is 9.12. The molecule has 1 aliphatic carbocycles. The molecular weight excluding hydrogens is 364 g/mol. The van der Waals surface area contributed by atoms with E-state index in [-0.39, 0.29) is 17.5 Å². The fraction of sp³-hybridized carbons (Fsp3) is 0.381. The third kappa shape index (κ3) is 4.86. The lowest BCUT2D eigenvalue weighted by Gasteiger charge is -2.24. The summed E-state index contributed by atoms with van der Waals surface area (Å²) in [6.07, 6.45) is 4.08. The van der Waals surface area contributed by atoms with E-state index < -0.39 is 36.2 Å². The number of phenols is 1. The van der Waals surface area contributed by atoms with Crippen LogP contribution in [0.25, 0.3) is 6.08 Å². The van der Waals surface area contributed by atoms with E-state index in [1.807, 2.05) is 0 Å². The zero-order valence-corrected chi connectivity index (χ0v) is 15.4. The molecule has 0 radical (unpaired) electrons. The molecule has 28 heavy (non-hydrogen) atoms. The molecule has 0 bridgehead atoms.